The molecule has 0 saturated carbocycles. The summed E-state index contributed by atoms with van der Waals surface area (Å²) in [7, 11) is 1.90. The molecule has 2 N–H and O–H groups in total. The molecule has 0 rings (SSSR count). The van der Waals surface area contributed by atoms with Crippen molar-refractivity contribution >= 4 is 0 Å². The van der Waals surface area contributed by atoms with Crippen LogP contribution < -0.4 is 5.32 Å². The molecule has 0 aliphatic heterocycles. The number of hydrogen-bond donors (Lipinski definition) is 2. The van der Waals surface area contributed by atoms with Gasteiger partial charge in [-0.3, -0.25) is 4.90 Å². The minimum Gasteiger partial charge on any atom is -0.395 e. The molecule has 0 aromatic rings. The van der Waals surface area contributed by atoms with E-state index in [9.17, 15) is 0 Å². The van der Waals surface area contributed by atoms with Crippen LogP contribution in [0.4, 0.5) is 0 Å². The fourth-order valence-corrected chi connectivity index (χ4v) is 0.714. The van der Waals surface area contributed by atoms with Gasteiger partial charge in [0.25, 0.3) is 0 Å². The molecule has 0 atom stereocenters. The van der Waals surface area contributed by atoms with E-state index in [2.05, 4.69) is 17.1 Å². The molecule has 0 unspecified atom stereocenters. The fraction of sp³-hybridized carbons (Fsp3) is 1.00. The van der Waals surface area contributed by atoms with Gasteiger partial charge in [-0.2, -0.15) is 0 Å². The summed E-state index contributed by atoms with van der Waals surface area (Å²) in [5.74, 6) is 0. The number of aliphatic hydroxyl groups excluding tert-OH is 1. The van der Waals surface area contributed by atoms with Crippen LogP contribution in [0, 0.1) is 0 Å². The molecule has 0 aromatic carbocycles. The summed E-state index contributed by atoms with van der Waals surface area (Å²) in [6.45, 7) is 4.93. The Morgan fingerprint density at radius 3 is 2.56 bits per heavy atom. The van der Waals surface area contributed by atoms with Crippen molar-refractivity contribution < 1.29 is 5.11 Å². The Bertz CT molecular complexity index is 53.0. The summed E-state index contributed by atoms with van der Waals surface area (Å²) in [5, 5.41) is 11.5. The second-order valence-corrected chi connectivity index (χ2v) is 1.95. The van der Waals surface area contributed by atoms with E-state index in [4.69, 9.17) is 5.11 Å². The predicted octanol–water partition coefficient (Wildman–Crippen LogP) is -0.522. The van der Waals surface area contributed by atoms with E-state index in [0.717, 1.165) is 19.8 Å². The van der Waals surface area contributed by atoms with Gasteiger partial charge in [-0.05, 0) is 13.6 Å². The van der Waals surface area contributed by atoms with Crippen molar-refractivity contribution in [2.45, 2.75) is 6.92 Å². The van der Waals surface area contributed by atoms with Gasteiger partial charge in [-0.15, -0.1) is 0 Å². The molecule has 0 fully saturated rings. The number of nitrogens with one attached hydrogen (secondary N) is 1. The smallest absolute Gasteiger partial charge is 0.0558 e. The van der Waals surface area contributed by atoms with E-state index >= 15 is 0 Å². The third-order valence-corrected chi connectivity index (χ3v) is 1.25. The molecule has 0 aliphatic carbocycles. The average Bonchev–Trinajstić information content (AvgIpc) is 1.88. The van der Waals surface area contributed by atoms with E-state index in [1.165, 1.54) is 0 Å². The summed E-state index contributed by atoms with van der Waals surface area (Å²) in [6.07, 6.45) is 0. The molecule has 56 valence electrons. The van der Waals surface area contributed by atoms with Gasteiger partial charge >= 0.3 is 0 Å². The zero-order valence-corrected chi connectivity index (χ0v) is 6.22. The Labute approximate surface area is 56.7 Å². The first-order valence-corrected chi connectivity index (χ1v) is 3.33. The van der Waals surface area contributed by atoms with Gasteiger partial charge in [0, 0.05) is 13.2 Å². The summed E-state index contributed by atoms with van der Waals surface area (Å²) < 4.78 is 0. The van der Waals surface area contributed by atoms with Gasteiger partial charge in [0.05, 0.1) is 6.61 Å². The van der Waals surface area contributed by atoms with Crippen LogP contribution in [0.25, 0.3) is 0 Å². The maximum absolute atomic E-state index is 8.52. The average molecular weight is 132 g/mol. The molecule has 0 amide bonds. The van der Waals surface area contributed by atoms with E-state index in [-0.39, 0.29) is 6.61 Å². The quantitative estimate of drug-likeness (QED) is 0.494. The van der Waals surface area contributed by atoms with Crippen LogP contribution in [0.5, 0.6) is 0 Å². The Balaban J connectivity index is 3.18. The fourth-order valence-electron chi connectivity index (χ4n) is 0.714. The molecule has 0 saturated heterocycles. The Morgan fingerprint density at radius 2 is 2.22 bits per heavy atom. The molecule has 3 nitrogen and oxygen atoms in total. The SMILES string of the molecule is CCN(CCO)CNC. The number of likely N-dealkylation sites (N-methyl/N-ethyl adjacent to an activating group) is 1. The predicted molar refractivity (Wildman–Crippen MR) is 38.3 cm³/mol. The third-order valence-electron chi connectivity index (χ3n) is 1.25. The highest BCUT2D eigenvalue weighted by molar-refractivity contribution is 4.49. The molecule has 0 heterocycles. The van der Waals surface area contributed by atoms with Gasteiger partial charge in [0.2, 0.25) is 0 Å². The molecular formula is C6H16N2O. The van der Waals surface area contributed by atoms with Gasteiger partial charge < -0.3 is 10.4 Å². The highest BCUT2D eigenvalue weighted by atomic mass is 16.3. The molecule has 0 bridgehead atoms. The zero-order valence-electron chi connectivity index (χ0n) is 6.22. The van der Waals surface area contributed by atoms with Crippen molar-refractivity contribution in [2.24, 2.45) is 0 Å². The lowest BCUT2D eigenvalue weighted by Crippen LogP contribution is -2.34. The number of nitrogens with zero attached hydrogens (tertiary/aromatic N) is 1. The topological polar surface area (TPSA) is 35.5 Å². The Morgan fingerprint density at radius 1 is 1.56 bits per heavy atom. The molecular weight excluding hydrogens is 116 g/mol. The Kier molecular flexibility index (Phi) is 5.93. The Hall–Kier alpha value is -0.120. The van der Waals surface area contributed by atoms with Crippen LogP contribution in [0.1, 0.15) is 6.92 Å². The lowest BCUT2D eigenvalue weighted by Gasteiger charge is -2.17. The summed E-state index contributed by atoms with van der Waals surface area (Å²) >= 11 is 0. The molecule has 0 aromatic heterocycles. The summed E-state index contributed by atoms with van der Waals surface area (Å²) in [5.41, 5.74) is 0. The number of aliphatic hydroxyl groups is 1. The van der Waals surface area contributed by atoms with Crippen molar-refractivity contribution in [1.29, 1.82) is 0 Å². The molecule has 0 aliphatic rings. The van der Waals surface area contributed by atoms with Crippen molar-refractivity contribution in [1.82, 2.24) is 10.2 Å². The van der Waals surface area contributed by atoms with Gasteiger partial charge in [0.1, 0.15) is 0 Å². The van der Waals surface area contributed by atoms with Crippen LogP contribution in [0.15, 0.2) is 0 Å². The first-order valence-electron chi connectivity index (χ1n) is 3.33. The molecule has 9 heavy (non-hydrogen) atoms. The number of hydrogen-bond acceptors (Lipinski definition) is 3. The summed E-state index contributed by atoms with van der Waals surface area (Å²) in [4.78, 5) is 2.12. The highest BCUT2D eigenvalue weighted by Gasteiger charge is 1.96. The second-order valence-electron chi connectivity index (χ2n) is 1.95. The first-order chi connectivity index (χ1) is 4.35. The molecule has 0 radical (unpaired) electrons. The monoisotopic (exact) mass is 132 g/mol. The number of rotatable bonds is 5. The molecule has 3 heteroatoms. The highest BCUT2D eigenvalue weighted by Crippen LogP contribution is 1.80. The van der Waals surface area contributed by atoms with Crippen molar-refractivity contribution in [3.05, 3.63) is 0 Å². The van der Waals surface area contributed by atoms with Crippen LogP contribution in [0.2, 0.25) is 0 Å². The largest absolute Gasteiger partial charge is 0.395 e. The minimum atomic E-state index is 0.246. The van der Waals surface area contributed by atoms with Gasteiger partial charge in [-0.25, -0.2) is 0 Å². The first kappa shape index (κ1) is 8.88. The van der Waals surface area contributed by atoms with Crippen LogP contribution >= 0.6 is 0 Å². The van der Waals surface area contributed by atoms with Crippen molar-refractivity contribution in [3.63, 3.8) is 0 Å². The van der Waals surface area contributed by atoms with Crippen LogP contribution in [0.3, 0.4) is 0 Å². The van der Waals surface area contributed by atoms with E-state index in [0.29, 0.717) is 0 Å². The van der Waals surface area contributed by atoms with E-state index < -0.39 is 0 Å². The minimum absolute atomic E-state index is 0.246. The van der Waals surface area contributed by atoms with E-state index in [1.807, 2.05) is 7.05 Å². The van der Waals surface area contributed by atoms with Gasteiger partial charge in [-0.1, -0.05) is 6.92 Å². The second kappa shape index (κ2) is 6.01. The lowest BCUT2D eigenvalue weighted by molar-refractivity contribution is 0.195. The van der Waals surface area contributed by atoms with Crippen LogP contribution in [-0.4, -0.2) is 43.4 Å². The lowest BCUT2D eigenvalue weighted by atomic mass is 10.5. The standard InChI is InChI=1S/C6H16N2O/c1-3-8(4-5-9)6-7-2/h7,9H,3-6H2,1-2H3. The molecule has 0 spiro atoms. The normalized spacial score (nSPS) is 10.7. The maximum Gasteiger partial charge on any atom is 0.0558 e. The van der Waals surface area contributed by atoms with Crippen molar-refractivity contribution in [2.75, 3.05) is 33.4 Å². The van der Waals surface area contributed by atoms with Crippen LogP contribution in [-0.2, 0) is 0 Å². The zero-order chi connectivity index (χ0) is 7.11. The van der Waals surface area contributed by atoms with E-state index in [1.54, 1.807) is 0 Å². The third kappa shape index (κ3) is 4.39. The van der Waals surface area contributed by atoms with Crippen molar-refractivity contribution in [3.8, 4) is 0 Å². The van der Waals surface area contributed by atoms with Gasteiger partial charge in [0.15, 0.2) is 0 Å². The summed E-state index contributed by atoms with van der Waals surface area (Å²) in [6, 6.07) is 0. The maximum atomic E-state index is 8.52.